The second-order valence-electron chi connectivity index (χ2n) is 3.52. The molecule has 1 aliphatic carbocycles. The Kier molecular flexibility index (Phi) is 3.10. The highest BCUT2D eigenvalue weighted by Crippen LogP contribution is 2.31. The fourth-order valence-corrected chi connectivity index (χ4v) is 3.50. The first-order valence-electron chi connectivity index (χ1n) is 4.68. The van der Waals surface area contributed by atoms with Crippen molar-refractivity contribution < 1.29 is 0 Å². The Morgan fingerprint density at radius 1 is 1.15 bits per heavy atom. The molecule has 0 heterocycles. The van der Waals surface area contributed by atoms with Crippen molar-refractivity contribution in [2.45, 2.75) is 31.0 Å². The van der Waals surface area contributed by atoms with Crippen molar-refractivity contribution in [1.29, 1.82) is 0 Å². The highest BCUT2D eigenvalue weighted by atomic mass is 79.9. The normalized spacial score (nSPS) is 15.5. The van der Waals surface area contributed by atoms with Crippen molar-refractivity contribution in [3.05, 3.63) is 33.3 Å². The maximum Gasteiger partial charge on any atom is 0.0294 e. The van der Waals surface area contributed by atoms with Crippen molar-refractivity contribution >= 4 is 31.9 Å². The first kappa shape index (κ1) is 9.72. The maximum atomic E-state index is 3.70. The molecular formula is C11H12Br2. The van der Waals surface area contributed by atoms with Gasteiger partial charge in [-0.2, -0.15) is 0 Å². The Morgan fingerprint density at radius 2 is 1.92 bits per heavy atom. The fourth-order valence-electron chi connectivity index (χ4n) is 1.93. The van der Waals surface area contributed by atoms with E-state index in [2.05, 4.69) is 44.0 Å². The van der Waals surface area contributed by atoms with Gasteiger partial charge in [-0.05, 0) is 42.4 Å². The van der Waals surface area contributed by atoms with Crippen LogP contribution in [0.1, 0.15) is 29.5 Å². The zero-order chi connectivity index (χ0) is 9.26. The van der Waals surface area contributed by atoms with Crippen LogP contribution in [-0.2, 0) is 18.2 Å². The molecule has 0 fully saturated rings. The third kappa shape index (κ3) is 1.84. The Balaban J connectivity index is 2.48. The number of fused-ring (bicyclic) bond motifs is 1. The van der Waals surface area contributed by atoms with Gasteiger partial charge in [0.1, 0.15) is 0 Å². The van der Waals surface area contributed by atoms with Crippen LogP contribution in [0.4, 0.5) is 0 Å². The summed E-state index contributed by atoms with van der Waals surface area (Å²) in [6, 6.07) is 4.51. The van der Waals surface area contributed by atoms with E-state index >= 15 is 0 Å². The van der Waals surface area contributed by atoms with E-state index in [4.69, 9.17) is 0 Å². The summed E-state index contributed by atoms with van der Waals surface area (Å²) in [7, 11) is 0. The number of hydrogen-bond donors (Lipinski definition) is 0. The number of hydrogen-bond acceptors (Lipinski definition) is 0. The van der Waals surface area contributed by atoms with Gasteiger partial charge in [-0.25, -0.2) is 0 Å². The van der Waals surface area contributed by atoms with Crippen LogP contribution in [-0.4, -0.2) is 0 Å². The maximum absolute atomic E-state index is 3.70. The van der Waals surface area contributed by atoms with Gasteiger partial charge in [-0.15, -0.1) is 0 Å². The van der Waals surface area contributed by atoms with Crippen LogP contribution in [0, 0.1) is 0 Å². The van der Waals surface area contributed by atoms with Crippen molar-refractivity contribution in [3.8, 4) is 0 Å². The third-order valence-electron chi connectivity index (χ3n) is 2.69. The lowest BCUT2D eigenvalue weighted by Gasteiger charge is -2.18. The zero-order valence-electron chi connectivity index (χ0n) is 7.45. The van der Waals surface area contributed by atoms with Gasteiger partial charge >= 0.3 is 0 Å². The van der Waals surface area contributed by atoms with Crippen LogP contribution in [0.3, 0.4) is 0 Å². The molecule has 0 bridgehead atoms. The largest absolute Gasteiger partial charge is 0.0876 e. The van der Waals surface area contributed by atoms with Crippen LogP contribution < -0.4 is 0 Å². The van der Waals surface area contributed by atoms with Gasteiger partial charge in [0.25, 0.3) is 0 Å². The van der Waals surface area contributed by atoms with Gasteiger partial charge in [0.15, 0.2) is 0 Å². The standard InChI is InChI=1S/C11H12Br2/c12-7-9-6-5-8-3-1-2-4-10(8)11(9)13/h5-6H,1-4,7H2. The molecule has 13 heavy (non-hydrogen) atoms. The summed E-state index contributed by atoms with van der Waals surface area (Å²) in [5.74, 6) is 0. The first-order chi connectivity index (χ1) is 6.33. The predicted octanol–water partition coefficient (Wildman–Crippen LogP) is 4.22. The van der Waals surface area contributed by atoms with E-state index in [1.807, 2.05) is 0 Å². The molecule has 1 aromatic rings. The minimum atomic E-state index is 0.945. The predicted molar refractivity (Wildman–Crippen MR) is 63.4 cm³/mol. The molecule has 0 radical (unpaired) electrons. The lowest BCUT2D eigenvalue weighted by Crippen LogP contribution is -2.04. The minimum Gasteiger partial charge on any atom is -0.0876 e. The number of halogens is 2. The number of rotatable bonds is 1. The van der Waals surface area contributed by atoms with Crippen LogP contribution in [0.5, 0.6) is 0 Å². The van der Waals surface area contributed by atoms with E-state index in [1.54, 1.807) is 11.1 Å². The molecule has 2 rings (SSSR count). The van der Waals surface area contributed by atoms with E-state index in [0.29, 0.717) is 0 Å². The van der Waals surface area contributed by atoms with Crippen molar-refractivity contribution in [3.63, 3.8) is 0 Å². The van der Waals surface area contributed by atoms with Crippen LogP contribution in [0.2, 0.25) is 0 Å². The summed E-state index contributed by atoms with van der Waals surface area (Å²) < 4.78 is 1.33. The van der Waals surface area contributed by atoms with E-state index < -0.39 is 0 Å². The quantitative estimate of drug-likeness (QED) is 0.681. The van der Waals surface area contributed by atoms with Gasteiger partial charge in [0.05, 0.1) is 0 Å². The lowest BCUT2D eigenvalue weighted by molar-refractivity contribution is 0.682. The van der Waals surface area contributed by atoms with Crippen LogP contribution >= 0.6 is 31.9 Å². The summed E-state index contributed by atoms with van der Waals surface area (Å²) >= 11 is 7.20. The van der Waals surface area contributed by atoms with E-state index in [9.17, 15) is 0 Å². The molecule has 1 aliphatic rings. The molecule has 0 saturated carbocycles. The molecule has 0 spiro atoms. The van der Waals surface area contributed by atoms with Crippen molar-refractivity contribution in [2.75, 3.05) is 0 Å². The number of benzene rings is 1. The van der Waals surface area contributed by atoms with Crippen LogP contribution in [0.15, 0.2) is 16.6 Å². The summed E-state index contributed by atoms with van der Waals surface area (Å²) in [6.45, 7) is 0. The second kappa shape index (κ2) is 4.14. The molecule has 0 nitrogen and oxygen atoms in total. The van der Waals surface area contributed by atoms with Gasteiger partial charge in [-0.1, -0.05) is 44.0 Å². The van der Waals surface area contributed by atoms with Crippen molar-refractivity contribution in [1.82, 2.24) is 0 Å². The molecule has 2 heteroatoms. The molecule has 0 unspecified atom stereocenters. The summed E-state index contributed by atoms with van der Waals surface area (Å²) in [5, 5.41) is 0.945. The average Bonchev–Trinajstić information content (AvgIpc) is 2.19. The van der Waals surface area contributed by atoms with E-state index in [1.165, 1.54) is 35.7 Å². The Hall–Kier alpha value is 0.180. The third-order valence-corrected chi connectivity index (χ3v) is 4.28. The smallest absolute Gasteiger partial charge is 0.0294 e. The molecule has 70 valence electrons. The fraction of sp³-hybridized carbons (Fsp3) is 0.455. The average molecular weight is 304 g/mol. The summed E-state index contributed by atoms with van der Waals surface area (Å²) in [6.07, 6.45) is 5.21. The van der Waals surface area contributed by atoms with Gasteiger partial charge < -0.3 is 0 Å². The van der Waals surface area contributed by atoms with Gasteiger partial charge in [-0.3, -0.25) is 0 Å². The Morgan fingerprint density at radius 3 is 2.69 bits per heavy atom. The molecular weight excluding hydrogens is 292 g/mol. The molecule has 0 aliphatic heterocycles. The summed E-state index contributed by atoms with van der Waals surface area (Å²) in [5.41, 5.74) is 4.46. The van der Waals surface area contributed by atoms with Crippen LogP contribution in [0.25, 0.3) is 0 Å². The lowest BCUT2D eigenvalue weighted by atomic mass is 9.91. The highest BCUT2D eigenvalue weighted by molar-refractivity contribution is 9.10. The highest BCUT2D eigenvalue weighted by Gasteiger charge is 2.13. The van der Waals surface area contributed by atoms with Gasteiger partial charge in [0.2, 0.25) is 0 Å². The topological polar surface area (TPSA) is 0 Å². The Labute approximate surface area is 96.0 Å². The van der Waals surface area contributed by atoms with Crippen molar-refractivity contribution in [2.24, 2.45) is 0 Å². The second-order valence-corrected chi connectivity index (χ2v) is 4.87. The van der Waals surface area contributed by atoms with Gasteiger partial charge in [0, 0.05) is 9.80 Å². The molecule has 1 aromatic carbocycles. The number of alkyl halides is 1. The molecule has 0 aromatic heterocycles. The summed E-state index contributed by atoms with van der Waals surface area (Å²) in [4.78, 5) is 0. The molecule has 0 atom stereocenters. The Bertz CT molecular complexity index is 318. The molecule has 0 saturated heterocycles. The number of aryl methyl sites for hydroxylation is 1. The van der Waals surface area contributed by atoms with E-state index in [-0.39, 0.29) is 0 Å². The SMILES string of the molecule is BrCc1ccc2c(c1Br)CCCC2. The van der Waals surface area contributed by atoms with E-state index in [0.717, 1.165) is 5.33 Å². The molecule has 0 N–H and O–H groups in total. The zero-order valence-corrected chi connectivity index (χ0v) is 10.6. The monoisotopic (exact) mass is 302 g/mol. The minimum absolute atomic E-state index is 0.945. The first-order valence-corrected chi connectivity index (χ1v) is 6.59. The molecule has 0 amide bonds.